The molecule has 2 atom stereocenters. The van der Waals surface area contributed by atoms with Crippen molar-refractivity contribution < 1.29 is 13.9 Å². The first kappa shape index (κ1) is 23.5. The maximum atomic E-state index is 13.3. The molecular weight excluding hydrogens is 429 g/mol. The lowest BCUT2D eigenvalue weighted by Crippen LogP contribution is -2.44. The maximum absolute atomic E-state index is 13.3. The van der Waals surface area contributed by atoms with Crippen molar-refractivity contribution in [1.29, 1.82) is 5.41 Å². The summed E-state index contributed by atoms with van der Waals surface area (Å²) in [7, 11) is 0. The molecule has 1 amide bonds. The highest BCUT2D eigenvalue weighted by Gasteiger charge is 2.43. The summed E-state index contributed by atoms with van der Waals surface area (Å²) in [5.74, 6) is 0.357. The first-order valence-corrected chi connectivity index (χ1v) is 11.4. The highest BCUT2D eigenvalue weighted by molar-refractivity contribution is 5.99. The fraction of sp³-hybridized carbons (Fsp3) is 0.286. The van der Waals surface area contributed by atoms with E-state index in [1.165, 1.54) is 18.3 Å². The van der Waals surface area contributed by atoms with Crippen LogP contribution in [0.5, 0.6) is 5.75 Å². The van der Waals surface area contributed by atoms with Gasteiger partial charge in [0.25, 0.3) is 0 Å². The quantitative estimate of drug-likeness (QED) is 0.414. The van der Waals surface area contributed by atoms with Gasteiger partial charge in [-0.3, -0.25) is 4.79 Å². The van der Waals surface area contributed by atoms with Crippen LogP contribution in [0, 0.1) is 23.6 Å². The number of anilines is 3. The van der Waals surface area contributed by atoms with Crippen molar-refractivity contribution in [3.8, 4) is 5.75 Å². The summed E-state index contributed by atoms with van der Waals surface area (Å²) in [4.78, 5) is 15.2. The Labute approximate surface area is 200 Å². The van der Waals surface area contributed by atoms with Gasteiger partial charge in [0.1, 0.15) is 17.7 Å². The monoisotopic (exact) mass is 459 g/mol. The number of fused-ring (bicyclic) bond motifs is 1. The standard InChI is InChI=1S/C28H30FN3O2/c1-17-6-12-23-25(14-17)32(27(33)28(3,4)5)18(2)26(23)34-22-11-13-24(19(15-22)16-30)31-21-9-7-20(29)8-10-21/h6-16,18,26,30-31H,1-5H3/t18?,26-/m0/s1. The van der Waals surface area contributed by atoms with Crippen LogP contribution in [0.15, 0.2) is 60.7 Å². The summed E-state index contributed by atoms with van der Waals surface area (Å²) < 4.78 is 19.7. The minimum absolute atomic E-state index is 0.0528. The normalized spacial score (nSPS) is 17.3. The zero-order valence-corrected chi connectivity index (χ0v) is 20.1. The first-order chi connectivity index (χ1) is 16.1. The molecule has 1 aliphatic rings. The van der Waals surface area contributed by atoms with Crippen LogP contribution in [-0.2, 0) is 4.79 Å². The predicted molar refractivity (Wildman–Crippen MR) is 135 cm³/mol. The summed E-state index contributed by atoms with van der Waals surface area (Å²) >= 11 is 0. The number of hydrogen-bond acceptors (Lipinski definition) is 4. The van der Waals surface area contributed by atoms with Gasteiger partial charge in [0.05, 0.1) is 11.7 Å². The molecule has 1 aliphatic heterocycles. The summed E-state index contributed by atoms with van der Waals surface area (Å²) in [6, 6.07) is 17.5. The Balaban J connectivity index is 1.63. The Hall–Kier alpha value is -3.67. The lowest BCUT2D eigenvalue weighted by atomic mass is 9.94. The van der Waals surface area contributed by atoms with Gasteiger partial charge in [0, 0.05) is 34.1 Å². The predicted octanol–water partition coefficient (Wildman–Crippen LogP) is 6.78. The van der Waals surface area contributed by atoms with Crippen LogP contribution in [0.4, 0.5) is 21.5 Å². The zero-order valence-electron chi connectivity index (χ0n) is 20.1. The number of benzene rings is 3. The molecule has 0 saturated carbocycles. The van der Waals surface area contributed by atoms with Crippen LogP contribution >= 0.6 is 0 Å². The van der Waals surface area contributed by atoms with E-state index >= 15 is 0 Å². The number of amides is 1. The number of halogens is 1. The minimum Gasteiger partial charge on any atom is -0.483 e. The fourth-order valence-corrected chi connectivity index (χ4v) is 4.22. The topological polar surface area (TPSA) is 65.4 Å². The van der Waals surface area contributed by atoms with E-state index in [0.29, 0.717) is 17.0 Å². The molecule has 0 bridgehead atoms. The molecule has 2 N–H and O–H groups in total. The van der Waals surface area contributed by atoms with E-state index in [2.05, 4.69) is 5.32 Å². The Morgan fingerprint density at radius 1 is 1.09 bits per heavy atom. The molecule has 0 spiro atoms. The van der Waals surface area contributed by atoms with Gasteiger partial charge < -0.3 is 20.4 Å². The second-order valence-electron chi connectivity index (χ2n) is 9.79. The van der Waals surface area contributed by atoms with E-state index in [4.69, 9.17) is 10.1 Å². The van der Waals surface area contributed by atoms with Gasteiger partial charge in [0.2, 0.25) is 5.91 Å². The molecule has 0 aromatic heterocycles. The smallest absolute Gasteiger partial charge is 0.232 e. The van der Waals surface area contributed by atoms with Crippen molar-refractivity contribution in [2.24, 2.45) is 5.41 Å². The third kappa shape index (κ3) is 4.53. The van der Waals surface area contributed by atoms with Gasteiger partial charge in [-0.2, -0.15) is 0 Å². The number of aryl methyl sites for hydroxylation is 1. The van der Waals surface area contributed by atoms with E-state index in [9.17, 15) is 9.18 Å². The number of carbonyl (C=O) groups is 1. The number of nitrogens with zero attached hydrogens (tertiary/aromatic N) is 1. The lowest BCUT2D eigenvalue weighted by molar-refractivity contribution is -0.126. The molecule has 0 saturated heterocycles. The van der Waals surface area contributed by atoms with Crippen molar-refractivity contribution in [1.82, 2.24) is 0 Å². The van der Waals surface area contributed by atoms with Crippen LogP contribution in [0.1, 0.15) is 50.5 Å². The van der Waals surface area contributed by atoms with Gasteiger partial charge in [-0.1, -0.05) is 32.9 Å². The Morgan fingerprint density at radius 3 is 2.44 bits per heavy atom. The van der Waals surface area contributed by atoms with Crippen molar-refractivity contribution in [2.45, 2.75) is 46.8 Å². The number of hydrogen-bond donors (Lipinski definition) is 2. The molecule has 3 aromatic rings. The molecule has 0 aliphatic carbocycles. The van der Waals surface area contributed by atoms with Gasteiger partial charge in [-0.05, 0) is 67.9 Å². The number of carbonyl (C=O) groups excluding carboxylic acids is 1. The Bertz CT molecular complexity index is 1230. The Kier molecular flexibility index (Phi) is 6.17. The molecule has 176 valence electrons. The molecule has 34 heavy (non-hydrogen) atoms. The van der Waals surface area contributed by atoms with Crippen LogP contribution in [0.2, 0.25) is 0 Å². The van der Waals surface area contributed by atoms with E-state index in [1.807, 2.05) is 69.9 Å². The molecule has 1 unspecified atom stereocenters. The summed E-state index contributed by atoms with van der Waals surface area (Å²) in [5.41, 5.74) is 4.50. The van der Waals surface area contributed by atoms with Crippen molar-refractivity contribution in [3.05, 3.63) is 83.2 Å². The van der Waals surface area contributed by atoms with E-state index in [1.54, 1.807) is 18.2 Å². The second kappa shape index (κ2) is 8.93. The summed E-state index contributed by atoms with van der Waals surface area (Å²) in [6.45, 7) is 9.80. The average molecular weight is 460 g/mol. The highest BCUT2D eigenvalue weighted by atomic mass is 19.1. The molecule has 6 heteroatoms. The van der Waals surface area contributed by atoms with Crippen LogP contribution in [0.3, 0.4) is 0 Å². The largest absolute Gasteiger partial charge is 0.483 e. The SMILES string of the molecule is Cc1ccc2c(c1)N(C(=O)C(C)(C)C)C(C)[C@@H]2Oc1ccc(Nc2ccc(F)cc2)c(C=N)c1. The Morgan fingerprint density at radius 2 is 1.79 bits per heavy atom. The minimum atomic E-state index is -0.523. The van der Waals surface area contributed by atoms with Gasteiger partial charge >= 0.3 is 0 Å². The summed E-state index contributed by atoms with van der Waals surface area (Å²) in [5, 5.41) is 11.1. The third-order valence-electron chi connectivity index (χ3n) is 6.02. The highest BCUT2D eigenvalue weighted by Crippen LogP contribution is 2.44. The van der Waals surface area contributed by atoms with Crippen LogP contribution in [-0.4, -0.2) is 18.2 Å². The molecule has 4 rings (SSSR count). The van der Waals surface area contributed by atoms with E-state index in [0.717, 1.165) is 22.5 Å². The van der Waals surface area contributed by atoms with Gasteiger partial charge in [0.15, 0.2) is 0 Å². The number of rotatable bonds is 5. The molecule has 0 radical (unpaired) electrons. The van der Waals surface area contributed by atoms with E-state index < -0.39 is 5.41 Å². The first-order valence-electron chi connectivity index (χ1n) is 11.4. The molecular formula is C28H30FN3O2. The molecule has 1 heterocycles. The molecule has 0 fully saturated rings. The van der Waals surface area contributed by atoms with Crippen molar-refractivity contribution >= 4 is 29.2 Å². The number of ether oxygens (including phenoxy) is 1. The summed E-state index contributed by atoms with van der Waals surface area (Å²) in [6.07, 6.45) is 0.917. The zero-order chi connectivity index (χ0) is 24.6. The van der Waals surface area contributed by atoms with Crippen LogP contribution < -0.4 is 15.0 Å². The molecule has 3 aromatic carbocycles. The van der Waals surface area contributed by atoms with Gasteiger partial charge in [-0.25, -0.2) is 4.39 Å². The fourth-order valence-electron chi connectivity index (χ4n) is 4.22. The lowest BCUT2D eigenvalue weighted by Gasteiger charge is -2.31. The van der Waals surface area contributed by atoms with E-state index in [-0.39, 0.29) is 23.9 Å². The van der Waals surface area contributed by atoms with Gasteiger partial charge in [-0.15, -0.1) is 0 Å². The average Bonchev–Trinajstić information content (AvgIpc) is 3.05. The maximum Gasteiger partial charge on any atom is 0.232 e. The number of nitrogens with one attached hydrogen (secondary N) is 2. The molecule has 5 nitrogen and oxygen atoms in total. The van der Waals surface area contributed by atoms with Crippen molar-refractivity contribution in [3.63, 3.8) is 0 Å². The van der Waals surface area contributed by atoms with Crippen LogP contribution in [0.25, 0.3) is 0 Å². The third-order valence-corrected chi connectivity index (χ3v) is 6.02. The second-order valence-corrected chi connectivity index (χ2v) is 9.79. The van der Waals surface area contributed by atoms with Crippen molar-refractivity contribution in [2.75, 3.05) is 10.2 Å².